The number of hydrogen-bond donors (Lipinski definition) is 1. The SMILES string of the molecule is CC.CC1=C(C)N(C)PN1. The smallest absolute Gasteiger partial charge is 0.0764 e. The monoisotopic (exact) mass is 160 g/mol. The molecule has 1 rings (SSSR count). The van der Waals surface area contributed by atoms with Gasteiger partial charge in [-0.05, 0) is 13.8 Å². The fourth-order valence-electron chi connectivity index (χ4n) is 0.594. The van der Waals surface area contributed by atoms with Crippen LogP contribution in [0.5, 0.6) is 0 Å². The van der Waals surface area contributed by atoms with E-state index in [0.717, 1.165) is 8.88 Å². The fraction of sp³-hybridized carbons (Fsp3) is 0.714. The molecule has 0 aromatic rings. The van der Waals surface area contributed by atoms with Gasteiger partial charge in [-0.2, -0.15) is 0 Å². The highest BCUT2D eigenvalue weighted by Gasteiger charge is 2.09. The van der Waals surface area contributed by atoms with Gasteiger partial charge in [0.1, 0.15) is 0 Å². The summed E-state index contributed by atoms with van der Waals surface area (Å²) in [5.41, 5.74) is 2.68. The predicted molar refractivity (Wildman–Crippen MR) is 48.9 cm³/mol. The van der Waals surface area contributed by atoms with Crippen molar-refractivity contribution in [2.75, 3.05) is 7.05 Å². The molecule has 10 heavy (non-hydrogen) atoms. The summed E-state index contributed by atoms with van der Waals surface area (Å²) in [7, 11) is 2.85. The number of nitrogens with one attached hydrogen (secondary N) is 1. The maximum atomic E-state index is 3.25. The largest absolute Gasteiger partial charge is 0.352 e. The molecule has 0 bridgehead atoms. The molecule has 0 aromatic carbocycles. The van der Waals surface area contributed by atoms with Crippen LogP contribution in [0.2, 0.25) is 0 Å². The van der Waals surface area contributed by atoms with E-state index in [2.05, 4.69) is 30.7 Å². The van der Waals surface area contributed by atoms with Crippen LogP contribution in [0.25, 0.3) is 0 Å². The van der Waals surface area contributed by atoms with Gasteiger partial charge in [0.25, 0.3) is 0 Å². The summed E-state index contributed by atoms with van der Waals surface area (Å²) in [6.07, 6.45) is 0. The second kappa shape index (κ2) is 4.56. The molecule has 0 aromatic heterocycles. The first-order valence-corrected chi connectivity index (χ1v) is 4.59. The van der Waals surface area contributed by atoms with Crippen molar-refractivity contribution < 1.29 is 0 Å². The quantitative estimate of drug-likeness (QED) is 0.547. The van der Waals surface area contributed by atoms with Gasteiger partial charge >= 0.3 is 0 Å². The van der Waals surface area contributed by atoms with E-state index < -0.39 is 0 Å². The van der Waals surface area contributed by atoms with Crippen molar-refractivity contribution in [3.63, 3.8) is 0 Å². The molecule has 0 radical (unpaired) electrons. The van der Waals surface area contributed by atoms with Crippen LogP contribution in [-0.4, -0.2) is 11.7 Å². The fourth-order valence-corrected chi connectivity index (χ4v) is 1.45. The van der Waals surface area contributed by atoms with Crippen LogP contribution < -0.4 is 5.09 Å². The molecule has 0 amide bonds. The predicted octanol–water partition coefficient (Wildman–Crippen LogP) is 2.31. The Kier molecular flexibility index (Phi) is 4.46. The van der Waals surface area contributed by atoms with Crippen molar-refractivity contribution >= 4 is 8.88 Å². The topological polar surface area (TPSA) is 15.3 Å². The lowest BCUT2D eigenvalue weighted by Gasteiger charge is -2.08. The van der Waals surface area contributed by atoms with Crippen molar-refractivity contribution in [1.82, 2.24) is 9.76 Å². The van der Waals surface area contributed by atoms with E-state index in [1.807, 2.05) is 13.8 Å². The molecule has 0 fully saturated rings. The van der Waals surface area contributed by atoms with Crippen LogP contribution in [0, 0.1) is 0 Å². The van der Waals surface area contributed by atoms with Crippen LogP contribution in [0.4, 0.5) is 0 Å². The molecule has 1 unspecified atom stereocenters. The Morgan fingerprint density at radius 3 is 1.90 bits per heavy atom. The molecular formula is C7H17N2P. The van der Waals surface area contributed by atoms with E-state index in [1.165, 1.54) is 11.4 Å². The van der Waals surface area contributed by atoms with E-state index in [9.17, 15) is 0 Å². The maximum absolute atomic E-state index is 3.25. The third-order valence-electron chi connectivity index (χ3n) is 1.46. The standard InChI is InChI=1S/C5H11N2P.C2H6/c1-4-5(2)7(3)8-6-4;1-2/h6,8H,1-3H3;1-2H3. The minimum Gasteiger partial charge on any atom is -0.352 e. The third kappa shape index (κ3) is 2.18. The van der Waals surface area contributed by atoms with Gasteiger partial charge < -0.3 is 9.76 Å². The van der Waals surface area contributed by atoms with Gasteiger partial charge in [-0.15, -0.1) is 0 Å². The molecule has 1 aliphatic heterocycles. The Hall–Kier alpha value is -0.230. The molecule has 0 aliphatic carbocycles. The van der Waals surface area contributed by atoms with Gasteiger partial charge in [0, 0.05) is 18.4 Å². The summed E-state index contributed by atoms with van der Waals surface area (Å²) in [5.74, 6) is 0. The Bertz CT molecular complexity index is 132. The second-order valence-electron chi connectivity index (χ2n) is 2.01. The van der Waals surface area contributed by atoms with Crippen LogP contribution in [-0.2, 0) is 0 Å². The maximum Gasteiger partial charge on any atom is 0.0764 e. The molecular weight excluding hydrogens is 143 g/mol. The average molecular weight is 160 g/mol. The summed E-state index contributed by atoms with van der Waals surface area (Å²) in [6, 6.07) is 0. The Morgan fingerprint density at radius 2 is 1.80 bits per heavy atom. The van der Waals surface area contributed by atoms with Crippen LogP contribution >= 0.6 is 8.88 Å². The van der Waals surface area contributed by atoms with E-state index >= 15 is 0 Å². The minimum atomic E-state index is 0.752. The zero-order valence-corrected chi connectivity index (χ0v) is 8.45. The van der Waals surface area contributed by atoms with E-state index in [4.69, 9.17) is 0 Å². The molecule has 0 saturated carbocycles. The van der Waals surface area contributed by atoms with Crippen LogP contribution in [0.3, 0.4) is 0 Å². The number of hydrogen-bond acceptors (Lipinski definition) is 2. The third-order valence-corrected chi connectivity index (χ3v) is 2.61. The van der Waals surface area contributed by atoms with Crippen molar-refractivity contribution in [3.05, 3.63) is 11.4 Å². The first-order valence-electron chi connectivity index (χ1n) is 3.64. The molecule has 1 aliphatic rings. The van der Waals surface area contributed by atoms with Crippen LogP contribution in [0.1, 0.15) is 27.7 Å². The van der Waals surface area contributed by atoms with Gasteiger partial charge in [0.05, 0.1) is 8.88 Å². The lowest BCUT2D eigenvalue weighted by molar-refractivity contribution is 0.701. The molecule has 2 nitrogen and oxygen atoms in total. The normalized spacial score (nSPS) is 18.7. The first-order chi connectivity index (χ1) is 4.72. The molecule has 1 N–H and O–H groups in total. The van der Waals surface area contributed by atoms with Crippen LogP contribution in [0.15, 0.2) is 11.4 Å². The van der Waals surface area contributed by atoms with E-state index in [-0.39, 0.29) is 0 Å². The summed E-state index contributed by atoms with van der Waals surface area (Å²) in [5, 5.41) is 3.25. The molecule has 3 heteroatoms. The summed E-state index contributed by atoms with van der Waals surface area (Å²) in [4.78, 5) is 0. The Balaban J connectivity index is 0.000000371. The van der Waals surface area contributed by atoms with E-state index in [0.29, 0.717) is 0 Å². The number of nitrogens with zero attached hydrogens (tertiary/aromatic N) is 1. The van der Waals surface area contributed by atoms with Gasteiger partial charge in [0.15, 0.2) is 0 Å². The van der Waals surface area contributed by atoms with E-state index in [1.54, 1.807) is 0 Å². The number of rotatable bonds is 0. The minimum absolute atomic E-state index is 0.752. The highest BCUT2D eigenvalue weighted by molar-refractivity contribution is 7.33. The lowest BCUT2D eigenvalue weighted by atomic mass is 10.4. The first kappa shape index (κ1) is 9.77. The van der Waals surface area contributed by atoms with Crippen molar-refractivity contribution in [2.24, 2.45) is 0 Å². The Labute approximate surface area is 65.6 Å². The highest BCUT2D eigenvalue weighted by atomic mass is 31.1. The van der Waals surface area contributed by atoms with Gasteiger partial charge in [0.2, 0.25) is 0 Å². The lowest BCUT2D eigenvalue weighted by Crippen LogP contribution is -1.98. The zero-order valence-electron chi connectivity index (χ0n) is 7.45. The summed E-state index contributed by atoms with van der Waals surface area (Å²) in [6.45, 7) is 8.23. The van der Waals surface area contributed by atoms with Gasteiger partial charge in [-0.3, -0.25) is 0 Å². The molecule has 1 atom stereocenters. The van der Waals surface area contributed by atoms with Crippen molar-refractivity contribution in [3.8, 4) is 0 Å². The second-order valence-corrected chi connectivity index (χ2v) is 3.15. The van der Waals surface area contributed by atoms with Crippen molar-refractivity contribution in [1.29, 1.82) is 0 Å². The molecule has 0 spiro atoms. The summed E-state index contributed by atoms with van der Waals surface area (Å²) >= 11 is 0. The van der Waals surface area contributed by atoms with Crippen molar-refractivity contribution in [2.45, 2.75) is 27.7 Å². The zero-order chi connectivity index (χ0) is 8.15. The van der Waals surface area contributed by atoms with Gasteiger partial charge in [-0.25, -0.2) is 0 Å². The molecule has 0 saturated heterocycles. The number of allylic oxidation sites excluding steroid dienone is 2. The molecule has 1 heterocycles. The highest BCUT2D eigenvalue weighted by Crippen LogP contribution is 2.27. The van der Waals surface area contributed by atoms with Gasteiger partial charge in [-0.1, -0.05) is 13.8 Å². The Morgan fingerprint density at radius 1 is 1.30 bits per heavy atom. The average Bonchev–Trinajstić information content (AvgIpc) is 2.25. The summed E-state index contributed by atoms with van der Waals surface area (Å²) < 4.78 is 2.22. The molecule has 60 valence electrons.